The minimum Gasteiger partial charge on any atom is -0.288 e. The van der Waals surface area contributed by atoms with E-state index in [1.54, 1.807) is 0 Å². The van der Waals surface area contributed by atoms with Gasteiger partial charge in [0.1, 0.15) is 18.5 Å². The number of nitrogens with zero attached hydrogens (tertiary/aromatic N) is 3. The first-order valence-electron chi connectivity index (χ1n) is 4.86. The van der Waals surface area contributed by atoms with Gasteiger partial charge in [-0.25, -0.2) is 18.4 Å². The molecule has 0 radical (unpaired) electrons. The van der Waals surface area contributed by atoms with Gasteiger partial charge in [-0.15, -0.1) is 0 Å². The molecule has 1 heterocycles. The smallest absolute Gasteiger partial charge is 0.262 e. The van der Waals surface area contributed by atoms with Gasteiger partial charge in [-0.2, -0.15) is 5.10 Å². The third-order valence-corrected chi connectivity index (χ3v) is 2.37. The van der Waals surface area contributed by atoms with Crippen molar-refractivity contribution in [3.8, 4) is 0 Å². The van der Waals surface area contributed by atoms with Gasteiger partial charge < -0.3 is 0 Å². The predicted molar refractivity (Wildman–Crippen MR) is 55.5 cm³/mol. The number of carbonyl (C=O) groups is 1. The molecule has 1 aromatic carbocycles. The van der Waals surface area contributed by atoms with Crippen LogP contribution >= 0.6 is 0 Å². The summed E-state index contributed by atoms with van der Waals surface area (Å²) in [6, 6.07) is 4.66. The molecule has 1 unspecified atom stereocenters. The Morgan fingerprint density at radius 2 is 2.00 bits per heavy atom. The van der Waals surface area contributed by atoms with Gasteiger partial charge in [0, 0.05) is 5.56 Å². The maximum Gasteiger partial charge on any atom is 0.262 e. The quantitative estimate of drug-likeness (QED) is 0.766. The molecule has 0 spiro atoms. The molecule has 0 saturated carbocycles. The third kappa shape index (κ3) is 2.06. The average Bonchev–Trinajstić information content (AvgIpc) is 2.83. The van der Waals surface area contributed by atoms with Crippen molar-refractivity contribution in [2.75, 3.05) is 0 Å². The van der Waals surface area contributed by atoms with Crippen molar-refractivity contribution < 1.29 is 13.6 Å². The van der Waals surface area contributed by atoms with Crippen molar-refractivity contribution in [2.45, 2.75) is 12.7 Å². The second kappa shape index (κ2) is 4.04. The van der Waals surface area contributed by atoms with Crippen LogP contribution in [0.3, 0.4) is 0 Å². The Morgan fingerprint density at radius 3 is 2.53 bits per heavy atom. The number of alkyl halides is 1. The van der Waals surface area contributed by atoms with E-state index in [-0.39, 0.29) is 5.56 Å². The lowest BCUT2D eigenvalue weighted by Gasteiger charge is -2.18. The van der Waals surface area contributed by atoms with Gasteiger partial charge in [-0.3, -0.25) is 4.79 Å². The van der Waals surface area contributed by atoms with E-state index in [1.165, 1.54) is 12.1 Å². The van der Waals surface area contributed by atoms with E-state index in [9.17, 15) is 13.6 Å². The second-order valence-electron chi connectivity index (χ2n) is 3.63. The van der Waals surface area contributed by atoms with E-state index in [2.05, 4.69) is 10.1 Å². The molecule has 1 aromatic heterocycles. The largest absolute Gasteiger partial charge is 0.288 e. The van der Waals surface area contributed by atoms with Crippen LogP contribution in [-0.4, -0.2) is 20.5 Å². The normalized spacial score (nSPS) is 14.3. The van der Waals surface area contributed by atoms with E-state index in [0.29, 0.717) is 0 Å². The number of hydrogen-bond donors (Lipinski definition) is 0. The zero-order valence-corrected chi connectivity index (χ0v) is 8.97. The summed E-state index contributed by atoms with van der Waals surface area (Å²) in [6.45, 7) is 1.08. The summed E-state index contributed by atoms with van der Waals surface area (Å²) in [5, 5.41) is 3.59. The topological polar surface area (TPSA) is 47.8 Å². The minimum absolute atomic E-state index is 0.0758. The number of rotatable bonds is 3. The lowest BCUT2D eigenvalue weighted by atomic mass is 10.0. The van der Waals surface area contributed by atoms with Crippen molar-refractivity contribution in [3.05, 3.63) is 48.3 Å². The predicted octanol–water partition coefficient (Wildman–Crippen LogP) is 1.94. The van der Waals surface area contributed by atoms with Crippen molar-refractivity contribution in [2.24, 2.45) is 0 Å². The van der Waals surface area contributed by atoms with Crippen LogP contribution in [0.4, 0.5) is 8.78 Å². The average molecular weight is 237 g/mol. The highest BCUT2D eigenvalue weighted by molar-refractivity contribution is 6.00. The Bertz CT molecular complexity index is 520. The first-order valence-corrected chi connectivity index (χ1v) is 4.86. The molecule has 0 aliphatic rings. The zero-order valence-electron chi connectivity index (χ0n) is 8.97. The van der Waals surface area contributed by atoms with Crippen LogP contribution in [-0.2, 0) is 5.79 Å². The van der Waals surface area contributed by atoms with Crippen molar-refractivity contribution in [3.63, 3.8) is 0 Å². The van der Waals surface area contributed by atoms with E-state index >= 15 is 0 Å². The number of hydrogen-bond acceptors (Lipinski definition) is 3. The molecular weight excluding hydrogens is 228 g/mol. The summed E-state index contributed by atoms with van der Waals surface area (Å²) in [4.78, 5) is 15.5. The van der Waals surface area contributed by atoms with Crippen molar-refractivity contribution in [1.29, 1.82) is 0 Å². The first kappa shape index (κ1) is 11.4. The lowest BCUT2D eigenvalue weighted by molar-refractivity contribution is 0.0459. The molecule has 1 atom stereocenters. The molecule has 0 bridgehead atoms. The SMILES string of the molecule is CC(F)(C(=O)c1ccc(F)cc1)n1cncn1. The second-order valence-corrected chi connectivity index (χ2v) is 3.63. The summed E-state index contributed by atoms with van der Waals surface area (Å²) < 4.78 is 27.8. The molecule has 2 aromatic rings. The maximum atomic E-state index is 14.3. The van der Waals surface area contributed by atoms with Gasteiger partial charge in [-0.1, -0.05) is 0 Å². The van der Waals surface area contributed by atoms with Crippen LogP contribution < -0.4 is 0 Å². The summed E-state index contributed by atoms with van der Waals surface area (Å²) in [5.41, 5.74) is 0.0758. The standard InChI is InChI=1S/C11H9F2N3O/c1-11(13,16-7-14-6-15-16)10(17)8-2-4-9(12)5-3-8/h2-7H,1H3. The van der Waals surface area contributed by atoms with Crippen LogP contribution in [0.5, 0.6) is 0 Å². The highest BCUT2D eigenvalue weighted by Gasteiger charge is 2.36. The van der Waals surface area contributed by atoms with E-state index in [0.717, 1.165) is 36.4 Å². The highest BCUT2D eigenvalue weighted by Crippen LogP contribution is 2.22. The Hall–Kier alpha value is -2.11. The van der Waals surface area contributed by atoms with Crippen molar-refractivity contribution in [1.82, 2.24) is 14.8 Å². The molecule has 0 amide bonds. The van der Waals surface area contributed by atoms with Gasteiger partial charge in [0.15, 0.2) is 0 Å². The summed E-state index contributed by atoms with van der Waals surface area (Å²) in [7, 11) is 0. The molecule has 4 nitrogen and oxygen atoms in total. The maximum absolute atomic E-state index is 14.3. The van der Waals surface area contributed by atoms with Crippen LogP contribution in [0, 0.1) is 5.82 Å². The minimum atomic E-state index is -2.34. The Labute approximate surface area is 95.9 Å². The lowest BCUT2D eigenvalue weighted by Crippen LogP contribution is -2.35. The van der Waals surface area contributed by atoms with Crippen LogP contribution in [0.2, 0.25) is 0 Å². The van der Waals surface area contributed by atoms with Crippen molar-refractivity contribution >= 4 is 5.78 Å². The summed E-state index contributed by atoms with van der Waals surface area (Å²) in [6.07, 6.45) is 2.25. The Morgan fingerprint density at radius 1 is 1.35 bits per heavy atom. The molecular formula is C11H9F2N3O. The zero-order chi connectivity index (χ0) is 12.5. The summed E-state index contributed by atoms with van der Waals surface area (Å²) >= 11 is 0. The van der Waals surface area contributed by atoms with Crippen LogP contribution in [0.25, 0.3) is 0 Å². The Balaban J connectivity index is 2.34. The number of aromatic nitrogens is 3. The fourth-order valence-corrected chi connectivity index (χ4v) is 1.39. The van der Waals surface area contributed by atoms with Gasteiger partial charge in [0.05, 0.1) is 0 Å². The van der Waals surface area contributed by atoms with Gasteiger partial charge >= 0.3 is 0 Å². The molecule has 0 fully saturated rings. The van der Waals surface area contributed by atoms with Gasteiger partial charge in [0.25, 0.3) is 5.79 Å². The molecule has 6 heteroatoms. The molecule has 17 heavy (non-hydrogen) atoms. The highest BCUT2D eigenvalue weighted by atomic mass is 19.1. The number of Topliss-reactive ketones (excluding diaryl/α,β-unsaturated/α-hetero) is 1. The van der Waals surface area contributed by atoms with E-state index < -0.39 is 17.4 Å². The number of benzene rings is 1. The van der Waals surface area contributed by atoms with Gasteiger partial charge in [-0.05, 0) is 31.2 Å². The van der Waals surface area contributed by atoms with E-state index in [4.69, 9.17) is 0 Å². The number of ketones is 1. The first-order chi connectivity index (χ1) is 8.01. The number of halogens is 2. The molecule has 0 saturated heterocycles. The fraction of sp³-hybridized carbons (Fsp3) is 0.182. The van der Waals surface area contributed by atoms with Gasteiger partial charge in [0.2, 0.25) is 5.78 Å². The van der Waals surface area contributed by atoms with Crippen LogP contribution in [0.1, 0.15) is 17.3 Å². The summed E-state index contributed by atoms with van der Waals surface area (Å²) in [5.74, 6) is -3.63. The fourth-order valence-electron chi connectivity index (χ4n) is 1.39. The number of carbonyl (C=O) groups excluding carboxylic acids is 1. The monoisotopic (exact) mass is 237 g/mol. The molecule has 2 rings (SSSR count). The third-order valence-electron chi connectivity index (χ3n) is 2.37. The van der Waals surface area contributed by atoms with E-state index in [1.807, 2.05) is 0 Å². The molecule has 88 valence electrons. The molecule has 0 N–H and O–H groups in total. The van der Waals surface area contributed by atoms with Crippen LogP contribution in [0.15, 0.2) is 36.9 Å². The Kier molecular flexibility index (Phi) is 2.71. The molecule has 0 aliphatic heterocycles. The molecule has 0 aliphatic carbocycles.